The standard InChI is InChI=1S/C26H19ClN2O3S/c1-15-22(25(31)32-2)23(19-12-5-6-13-20(19)27)29-24(30)21(33-26(29)28-15)14-17-10-7-9-16-8-3-4-11-18(16)17/h3-14,23H,1-2H3/t23-/m1/s1. The van der Waals surface area contributed by atoms with Crippen molar-refractivity contribution in [2.45, 2.75) is 13.0 Å². The normalized spacial score (nSPS) is 16.0. The summed E-state index contributed by atoms with van der Waals surface area (Å²) in [7, 11) is 1.32. The fourth-order valence-electron chi connectivity index (χ4n) is 4.20. The Kier molecular flexibility index (Phi) is 5.48. The maximum absolute atomic E-state index is 13.7. The molecule has 1 aromatic heterocycles. The van der Waals surface area contributed by atoms with Gasteiger partial charge in [-0.25, -0.2) is 9.79 Å². The van der Waals surface area contributed by atoms with E-state index in [9.17, 15) is 9.59 Å². The van der Waals surface area contributed by atoms with Gasteiger partial charge < -0.3 is 4.74 Å². The third kappa shape index (κ3) is 3.61. The van der Waals surface area contributed by atoms with E-state index in [0.29, 0.717) is 31.2 Å². The quantitative estimate of drug-likeness (QED) is 0.418. The van der Waals surface area contributed by atoms with Gasteiger partial charge in [0.2, 0.25) is 0 Å². The van der Waals surface area contributed by atoms with Crippen LogP contribution in [0.25, 0.3) is 16.8 Å². The number of nitrogens with zero attached hydrogens (tertiary/aromatic N) is 2. The molecule has 33 heavy (non-hydrogen) atoms. The molecule has 7 heteroatoms. The Hall–Kier alpha value is -3.48. The lowest BCUT2D eigenvalue weighted by atomic mass is 9.96. The molecule has 5 rings (SSSR count). The van der Waals surface area contributed by atoms with E-state index in [0.717, 1.165) is 16.3 Å². The van der Waals surface area contributed by atoms with Crippen molar-refractivity contribution < 1.29 is 9.53 Å². The molecule has 0 saturated heterocycles. The zero-order valence-corrected chi connectivity index (χ0v) is 19.5. The number of ether oxygens (including phenoxy) is 1. The first-order chi connectivity index (χ1) is 16.0. The number of aromatic nitrogens is 1. The van der Waals surface area contributed by atoms with E-state index in [1.165, 1.54) is 18.4 Å². The van der Waals surface area contributed by atoms with E-state index in [1.807, 2.05) is 66.7 Å². The van der Waals surface area contributed by atoms with E-state index in [-0.39, 0.29) is 5.56 Å². The van der Waals surface area contributed by atoms with Gasteiger partial charge in [-0.3, -0.25) is 9.36 Å². The van der Waals surface area contributed by atoms with Crippen molar-refractivity contribution in [3.63, 3.8) is 0 Å². The number of fused-ring (bicyclic) bond motifs is 2. The Morgan fingerprint density at radius 2 is 1.82 bits per heavy atom. The topological polar surface area (TPSA) is 60.7 Å². The number of thiazole rings is 1. The van der Waals surface area contributed by atoms with Crippen LogP contribution in [-0.2, 0) is 9.53 Å². The van der Waals surface area contributed by atoms with Crippen molar-refractivity contribution in [1.82, 2.24) is 4.57 Å². The lowest BCUT2D eigenvalue weighted by molar-refractivity contribution is -0.136. The van der Waals surface area contributed by atoms with E-state index < -0.39 is 12.0 Å². The molecule has 0 unspecified atom stereocenters. The first kappa shape index (κ1) is 21.4. The first-order valence-corrected chi connectivity index (χ1v) is 11.5. The van der Waals surface area contributed by atoms with Gasteiger partial charge in [-0.15, -0.1) is 0 Å². The first-order valence-electron chi connectivity index (χ1n) is 10.3. The Morgan fingerprint density at radius 1 is 1.09 bits per heavy atom. The Bertz CT molecular complexity index is 1630. The summed E-state index contributed by atoms with van der Waals surface area (Å²) in [6.45, 7) is 1.75. The van der Waals surface area contributed by atoms with Crippen molar-refractivity contribution in [2.75, 3.05) is 7.11 Å². The predicted molar refractivity (Wildman–Crippen MR) is 131 cm³/mol. The van der Waals surface area contributed by atoms with E-state index in [4.69, 9.17) is 16.3 Å². The van der Waals surface area contributed by atoms with Gasteiger partial charge in [-0.1, -0.05) is 83.6 Å². The molecule has 0 aliphatic carbocycles. The highest BCUT2D eigenvalue weighted by Gasteiger charge is 2.34. The van der Waals surface area contributed by atoms with Gasteiger partial charge in [0, 0.05) is 5.02 Å². The summed E-state index contributed by atoms with van der Waals surface area (Å²) in [4.78, 5) is 31.5. The van der Waals surface area contributed by atoms with Crippen LogP contribution in [-0.4, -0.2) is 17.6 Å². The molecule has 5 nitrogen and oxygen atoms in total. The van der Waals surface area contributed by atoms with Gasteiger partial charge in [0.05, 0.1) is 22.9 Å². The average molecular weight is 475 g/mol. The molecule has 0 N–H and O–H groups in total. The van der Waals surface area contributed by atoms with Gasteiger partial charge in [0.25, 0.3) is 5.56 Å². The van der Waals surface area contributed by atoms with Gasteiger partial charge in [0.1, 0.15) is 6.04 Å². The molecule has 0 radical (unpaired) electrons. The summed E-state index contributed by atoms with van der Waals surface area (Å²) >= 11 is 7.81. The summed E-state index contributed by atoms with van der Waals surface area (Å²) in [6.07, 6.45) is 1.88. The van der Waals surface area contributed by atoms with Crippen LogP contribution in [0, 0.1) is 0 Å². The molecular weight excluding hydrogens is 456 g/mol. The van der Waals surface area contributed by atoms with E-state index >= 15 is 0 Å². The smallest absolute Gasteiger partial charge is 0.338 e. The van der Waals surface area contributed by atoms with E-state index in [1.54, 1.807) is 17.6 Å². The van der Waals surface area contributed by atoms with Crippen molar-refractivity contribution >= 4 is 45.8 Å². The second-order valence-corrected chi connectivity index (χ2v) is 9.08. The molecule has 1 aliphatic rings. The van der Waals surface area contributed by atoms with Crippen LogP contribution >= 0.6 is 22.9 Å². The lowest BCUT2D eigenvalue weighted by Crippen LogP contribution is -2.39. The van der Waals surface area contributed by atoms with Gasteiger partial charge in [0.15, 0.2) is 4.80 Å². The van der Waals surface area contributed by atoms with Crippen LogP contribution in [0.5, 0.6) is 0 Å². The van der Waals surface area contributed by atoms with Crippen LogP contribution in [0.2, 0.25) is 5.02 Å². The van der Waals surface area contributed by atoms with Crippen LogP contribution < -0.4 is 14.9 Å². The third-order valence-corrected chi connectivity index (χ3v) is 7.06. The summed E-state index contributed by atoms with van der Waals surface area (Å²) in [5, 5.41) is 2.61. The Morgan fingerprint density at radius 3 is 2.61 bits per heavy atom. The SMILES string of the molecule is COC(=O)C1=C(C)N=c2sc(=Cc3cccc4ccccc34)c(=O)n2[C@@H]1c1ccccc1Cl. The zero-order valence-electron chi connectivity index (χ0n) is 17.9. The molecule has 0 saturated carbocycles. The maximum atomic E-state index is 13.7. The number of esters is 1. The Labute approximate surface area is 198 Å². The molecule has 4 aromatic rings. The number of carbonyl (C=O) groups excluding carboxylic acids is 1. The minimum Gasteiger partial charge on any atom is -0.466 e. The second-order valence-electron chi connectivity index (χ2n) is 7.66. The molecular formula is C26H19ClN2O3S. The lowest BCUT2D eigenvalue weighted by Gasteiger charge is -2.25. The number of allylic oxidation sites excluding steroid dienone is 1. The van der Waals surface area contributed by atoms with Crippen LogP contribution in [0.1, 0.15) is 24.1 Å². The molecule has 0 spiro atoms. The van der Waals surface area contributed by atoms with Crippen LogP contribution in [0.15, 0.2) is 87.8 Å². The minimum absolute atomic E-state index is 0.231. The van der Waals surface area contributed by atoms with Gasteiger partial charge in [-0.05, 0) is 41.0 Å². The molecule has 1 atom stereocenters. The van der Waals surface area contributed by atoms with Crippen LogP contribution in [0.3, 0.4) is 0 Å². The fourth-order valence-corrected chi connectivity index (χ4v) is 5.48. The number of rotatable bonds is 3. The molecule has 0 bridgehead atoms. The number of halogens is 1. The molecule has 0 fully saturated rings. The van der Waals surface area contributed by atoms with Crippen molar-refractivity contribution in [3.8, 4) is 0 Å². The van der Waals surface area contributed by atoms with Crippen molar-refractivity contribution in [3.05, 3.63) is 114 Å². The van der Waals surface area contributed by atoms with Crippen molar-refractivity contribution in [1.29, 1.82) is 0 Å². The van der Waals surface area contributed by atoms with Crippen LogP contribution in [0.4, 0.5) is 0 Å². The maximum Gasteiger partial charge on any atom is 0.338 e. The average Bonchev–Trinajstić information content (AvgIpc) is 3.13. The summed E-state index contributed by atoms with van der Waals surface area (Å²) < 4.78 is 7.11. The van der Waals surface area contributed by atoms with Gasteiger partial charge in [-0.2, -0.15) is 0 Å². The second kappa shape index (κ2) is 8.46. The van der Waals surface area contributed by atoms with Crippen molar-refractivity contribution in [2.24, 2.45) is 4.99 Å². The highest BCUT2D eigenvalue weighted by Crippen LogP contribution is 2.34. The molecule has 3 aromatic carbocycles. The minimum atomic E-state index is -0.725. The predicted octanol–water partition coefficient (Wildman–Crippen LogP) is 4.21. The summed E-state index contributed by atoms with van der Waals surface area (Å²) in [5.74, 6) is -0.537. The zero-order chi connectivity index (χ0) is 23.1. The molecule has 0 amide bonds. The number of hydrogen-bond acceptors (Lipinski definition) is 5. The summed E-state index contributed by atoms with van der Waals surface area (Å²) in [5.41, 5.74) is 2.16. The molecule has 2 heterocycles. The number of methoxy groups -OCH3 is 1. The Balaban J connectivity index is 1.79. The van der Waals surface area contributed by atoms with E-state index in [2.05, 4.69) is 4.99 Å². The van der Waals surface area contributed by atoms with Gasteiger partial charge >= 0.3 is 5.97 Å². The molecule has 1 aliphatic heterocycles. The molecule has 164 valence electrons. The summed E-state index contributed by atoms with van der Waals surface area (Å²) in [6, 6.07) is 20.5. The third-order valence-electron chi connectivity index (χ3n) is 5.74. The number of benzene rings is 3. The number of hydrogen-bond donors (Lipinski definition) is 0. The highest BCUT2D eigenvalue weighted by atomic mass is 35.5. The largest absolute Gasteiger partial charge is 0.466 e. The fraction of sp³-hybridized carbons (Fsp3) is 0.115. The highest BCUT2D eigenvalue weighted by molar-refractivity contribution is 7.07. The monoisotopic (exact) mass is 474 g/mol. The number of carbonyl (C=O) groups is 1.